The molecule has 10 rings (SSSR count). The van der Waals surface area contributed by atoms with Gasteiger partial charge in [0.25, 0.3) is 0 Å². The maximum absolute atomic E-state index is 12.9. The van der Waals surface area contributed by atoms with Crippen LogP contribution in [-0.2, 0) is 68.9 Å². The first-order valence-corrected chi connectivity index (χ1v) is 41.8. The average molecular weight is 1590 g/mol. The molecule has 4 heterocycles. The number of hydrogen-bond acceptors (Lipinski definition) is 9. The lowest BCUT2D eigenvalue weighted by atomic mass is 9.89. The standard InChI is InChI=1S/C18H22O.C12H16O2.C12H18O.C11H15FO.C11H16O.C9H18O.3C8H16O.6CH4/c1-15(2)8-9-16-10-12-18(13-11-16)19-14-17-6-4-3-5-7-17;1-9(2)7-10-3-5-11(6-4-10)8-12(13)14;1-10(2)4-5-11-6-8-12(13-3)9-7-11;1-8(2)3-4-9-5-6-11(13)10(12)7-9;1-9(2)3-4-10-5-7-11(12)8-6-10;1-8(2)7-9-3-5-10-6-4-9;1-7(2)8-3-5-9-6-4-8;2*1-7(2)6-8-4-3-5-9-8;;;;;;/h3-7,10-13,15H,8-9,14H2,1-2H3;3-6,9H,7-8H2,1-2H3,(H,13,14);6-10H,4-5H2,1-3H3;5-8,13H,3-4H2,1-2H3;5-9,12H,3-4H2,1-2H3;8-9H,3-7H2,1-2H3;3*7-8H,3-6H2,1-2H3;6*1H4/t;;;;;;;2*8-;;;;;;/m.......10....../s1. The Morgan fingerprint density at radius 1 is 0.412 bits per heavy atom. The van der Waals surface area contributed by atoms with Crippen LogP contribution in [0.4, 0.5) is 4.39 Å². The Morgan fingerprint density at radius 3 is 1.14 bits per heavy atom. The molecule has 2 atom stereocenters. The van der Waals surface area contributed by atoms with Crippen LogP contribution in [0.25, 0.3) is 0 Å². The van der Waals surface area contributed by atoms with Crippen LogP contribution in [0.1, 0.15) is 304 Å². The molecule has 4 aliphatic heterocycles. The third-order valence-electron chi connectivity index (χ3n) is 19.2. The highest BCUT2D eigenvalue weighted by molar-refractivity contribution is 5.70. The largest absolute Gasteiger partial charge is 0.508 e. The zero-order valence-electron chi connectivity index (χ0n) is 71.2. The summed E-state index contributed by atoms with van der Waals surface area (Å²) in [5, 5.41) is 26.6. The molecule has 4 saturated heterocycles. The number of carboxylic acids is 1. The van der Waals surface area contributed by atoms with Gasteiger partial charge in [-0.3, -0.25) is 4.79 Å². The van der Waals surface area contributed by atoms with Gasteiger partial charge in [0.05, 0.1) is 25.7 Å². The van der Waals surface area contributed by atoms with Crippen LogP contribution in [0.2, 0.25) is 0 Å². The van der Waals surface area contributed by atoms with E-state index in [4.69, 9.17) is 43.7 Å². The fraction of sp³-hybridized carbons (Fsp3) is 0.641. The minimum Gasteiger partial charge on any atom is -0.508 e. The van der Waals surface area contributed by atoms with Crippen LogP contribution < -0.4 is 9.47 Å². The Morgan fingerprint density at radius 2 is 0.789 bits per heavy atom. The number of halogens is 1. The van der Waals surface area contributed by atoms with E-state index >= 15 is 0 Å². The molecule has 0 amide bonds. The van der Waals surface area contributed by atoms with Crippen LogP contribution >= 0.6 is 0 Å². The van der Waals surface area contributed by atoms with Crippen molar-refractivity contribution in [1.29, 1.82) is 0 Å². The fourth-order valence-electron chi connectivity index (χ4n) is 12.7. The van der Waals surface area contributed by atoms with E-state index in [9.17, 15) is 9.18 Å². The zero-order valence-corrected chi connectivity index (χ0v) is 71.2. The van der Waals surface area contributed by atoms with Crippen molar-refractivity contribution in [3.63, 3.8) is 0 Å². The summed E-state index contributed by atoms with van der Waals surface area (Å²) < 4.78 is 45.2. The molecule has 0 saturated carbocycles. The zero-order chi connectivity index (χ0) is 80.0. The molecule has 0 aliphatic carbocycles. The number of rotatable bonds is 27. The van der Waals surface area contributed by atoms with Crippen LogP contribution in [0.15, 0.2) is 146 Å². The molecular weight excluding hydrogens is 1420 g/mol. The maximum atomic E-state index is 12.9. The van der Waals surface area contributed by atoms with Crippen LogP contribution in [0, 0.1) is 70.9 Å². The van der Waals surface area contributed by atoms with Crippen molar-refractivity contribution in [2.24, 2.45) is 65.1 Å². The van der Waals surface area contributed by atoms with Crippen LogP contribution in [0.5, 0.6) is 23.0 Å². The Labute approximate surface area is 703 Å². The summed E-state index contributed by atoms with van der Waals surface area (Å²) in [4.78, 5) is 10.4. The molecule has 3 N–H and O–H groups in total. The first kappa shape index (κ1) is 116. The highest BCUT2D eigenvalue weighted by atomic mass is 19.1. The molecule has 0 unspecified atom stereocenters. The Balaban J connectivity index is -0.000000392. The summed E-state index contributed by atoms with van der Waals surface area (Å²) in [5.41, 5.74) is 8.38. The van der Waals surface area contributed by atoms with Crippen molar-refractivity contribution in [3.8, 4) is 23.0 Å². The van der Waals surface area contributed by atoms with Gasteiger partial charge in [-0.2, -0.15) is 0 Å². The van der Waals surface area contributed by atoms with Crippen molar-refractivity contribution in [2.75, 3.05) is 46.8 Å². The third-order valence-corrected chi connectivity index (χ3v) is 19.2. The number of aryl methyl sites for hydroxylation is 4. The smallest absolute Gasteiger partial charge is 0.307 e. The number of aromatic hydroxyl groups is 2. The number of ether oxygens (including phenoxy) is 6. The summed E-state index contributed by atoms with van der Waals surface area (Å²) in [7, 11) is 1.70. The summed E-state index contributed by atoms with van der Waals surface area (Å²) in [6.45, 7) is 46.9. The number of hydrogen-bond donors (Lipinski definition) is 3. The average Bonchev–Trinajstić information content (AvgIpc) is 1.37. The second-order valence-corrected chi connectivity index (χ2v) is 33.8. The van der Waals surface area contributed by atoms with E-state index in [0.717, 1.165) is 148 Å². The van der Waals surface area contributed by atoms with E-state index < -0.39 is 11.8 Å². The van der Waals surface area contributed by atoms with Gasteiger partial charge in [-0.1, -0.05) is 266 Å². The number of carbonyl (C=O) groups is 1. The molecule has 6 aromatic rings. The molecular formula is C103H177FO10. The van der Waals surface area contributed by atoms with Crippen molar-refractivity contribution in [1.82, 2.24) is 0 Å². The number of phenols is 2. The molecule has 0 bridgehead atoms. The summed E-state index contributed by atoms with van der Waals surface area (Å²) in [5.74, 6) is 9.41. The van der Waals surface area contributed by atoms with Crippen LogP contribution in [-0.4, -0.2) is 80.2 Å². The Bertz CT molecular complexity index is 3040. The lowest BCUT2D eigenvalue weighted by Gasteiger charge is -2.24. The van der Waals surface area contributed by atoms with Gasteiger partial charge in [-0.15, -0.1) is 0 Å². The molecule has 4 aliphatic rings. The summed E-state index contributed by atoms with van der Waals surface area (Å²) in [6, 6.07) is 46.9. The van der Waals surface area contributed by atoms with Gasteiger partial charge in [0.15, 0.2) is 11.6 Å². The minimum absolute atomic E-state index is 0. The van der Waals surface area contributed by atoms with Gasteiger partial charge in [-0.25, -0.2) is 4.39 Å². The third kappa shape index (κ3) is 63.0. The topological polar surface area (TPSA) is 133 Å². The quantitative estimate of drug-likeness (QED) is 0.0458. The fourth-order valence-corrected chi connectivity index (χ4v) is 12.7. The van der Waals surface area contributed by atoms with Crippen LogP contribution in [0.3, 0.4) is 0 Å². The van der Waals surface area contributed by atoms with E-state index in [-0.39, 0.29) is 56.7 Å². The van der Waals surface area contributed by atoms with Gasteiger partial charge in [0.2, 0.25) is 0 Å². The second-order valence-electron chi connectivity index (χ2n) is 33.8. The Kier molecular flexibility index (Phi) is 72.4. The van der Waals surface area contributed by atoms with Gasteiger partial charge in [0.1, 0.15) is 23.9 Å². The highest BCUT2D eigenvalue weighted by Gasteiger charge is 2.19. The highest BCUT2D eigenvalue weighted by Crippen LogP contribution is 2.26. The molecule has 6 aromatic carbocycles. The molecule has 11 heteroatoms. The molecule has 114 heavy (non-hydrogen) atoms. The van der Waals surface area contributed by atoms with E-state index in [1.54, 1.807) is 25.3 Å². The van der Waals surface area contributed by atoms with Gasteiger partial charge < -0.3 is 43.7 Å². The second kappa shape index (κ2) is 70.9. The van der Waals surface area contributed by atoms with E-state index in [2.05, 4.69) is 173 Å². The lowest BCUT2D eigenvalue weighted by Crippen LogP contribution is -2.19. The first-order valence-electron chi connectivity index (χ1n) is 41.8. The number of benzene rings is 6. The molecule has 4 fully saturated rings. The predicted octanol–water partition coefficient (Wildman–Crippen LogP) is 29.5. The maximum Gasteiger partial charge on any atom is 0.307 e. The molecule has 656 valence electrons. The van der Waals surface area contributed by atoms with E-state index in [0.29, 0.717) is 36.4 Å². The number of methoxy groups -OCH3 is 1. The molecule has 0 aromatic heterocycles. The lowest BCUT2D eigenvalue weighted by molar-refractivity contribution is -0.136. The monoisotopic (exact) mass is 1590 g/mol. The first-order chi connectivity index (χ1) is 51.5. The number of phenolic OH excluding ortho intramolecular Hbond substituents is 2. The predicted molar refractivity (Wildman–Crippen MR) is 494 cm³/mol. The SMILES string of the molecule is C.C.C.C.C.C.CC(C)C1CCOCC1.CC(C)CC1CCOCC1.CC(C)CCc1ccc(O)c(F)c1.CC(C)CCc1ccc(O)cc1.CC(C)CCc1ccc(OCc2ccccc2)cc1.CC(C)C[C@@H]1CCCO1.CC(C)C[C@H]1CCCO1.CC(C)Cc1ccc(CC(=O)O)cc1.COc1ccc(CCC(C)C)cc1. The molecule has 0 radical (unpaired) electrons. The van der Waals surface area contributed by atoms with Crippen molar-refractivity contribution in [3.05, 3.63) is 190 Å². The molecule has 10 nitrogen and oxygen atoms in total. The summed E-state index contributed by atoms with van der Waals surface area (Å²) >= 11 is 0. The van der Waals surface area contributed by atoms with Gasteiger partial charge in [-0.05, 0) is 281 Å². The minimum atomic E-state index is -0.776. The molecule has 0 spiro atoms. The summed E-state index contributed by atoms with van der Waals surface area (Å²) in [6.07, 6.45) is 25.5. The van der Waals surface area contributed by atoms with Gasteiger partial charge in [0, 0.05) is 39.6 Å². The number of aliphatic carboxylic acids is 1. The van der Waals surface area contributed by atoms with Crippen molar-refractivity contribution in [2.45, 2.75) is 323 Å². The van der Waals surface area contributed by atoms with Gasteiger partial charge >= 0.3 is 5.97 Å². The van der Waals surface area contributed by atoms with E-state index in [1.807, 2.05) is 66.7 Å². The van der Waals surface area contributed by atoms with Crippen molar-refractivity contribution >= 4 is 5.97 Å². The normalized spacial score (nSPS) is 14.7. The van der Waals surface area contributed by atoms with E-state index in [1.165, 1.54) is 136 Å². The Hall–Kier alpha value is -6.24. The van der Waals surface area contributed by atoms with Crippen molar-refractivity contribution < 1.29 is 52.9 Å². The number of carboxylic acid groups (broad SMARTS) is 1.